The monoisotopic (exact) mass is 348 g/mol. The molecule has 0 fully saturated rings. The zero-order valence-electron chi connectivity index (χ0n) is 15.9. The lowest BCUT2D eigenvalue weighted by atomic mass is 10.1. The van der Waals surface area contributed by atoms with Gasteiger partial charge in [0.1, 0.15) is 0 Å². The van der Waals surface area contributed by atoms with E-state index in [0.29, 0.717) is 18.1 Å². The summed E-state index contributed by atoms with van der Waals surface area (Å²) in [5, 5.41) is 9.14. The summed E-state index contributed by atoms with van der Waals surface area (Å²) in [7, 11) is 3.39. The number of aliphatic imine (C=N–C) groups is 1. The molecule has 6 nitrogen and oxygen atoms in total. The number of hydrogen-bond donors (Lipinski definition) is 3. The Morgan fingerprint density at radius 3 is 2.64 bits per heavy atom. The van der Waals surface area contributed by atoms with Gasteiger partial charge >= 0.3 is 0 Å². The van der Waals surface area contributed by atoms with Gasteiger partial charge in [-0.3, -0.25) is 9.79 Å². The fourth-order valence-electron chi connectivity index (χ4n) is 2.22. The van der Waals surface area contributed by atoms with Gasteiger partial charge in [-0.05, 0) is 36.5 Å². The summed E-state index contributed by atoms with van der Waals surface area (Å²) in [6.07, 6.45) is 1.90. The van der Waals surface area contributed by atoms with Crippen molar-refractivity contribution in [3.8, 4) is 0 Å². The molecule has 1 amide bonds. The molecule has 0 saturated heterocycles. The molecular weight excluding hydrogens is 316 g/mol. The van der Waals surface area contributed by atoms with E-state index < -0.39 is 0 Å². The first-order chi connectivity index (χ1) is 12.1. The molecule has 0 unspecified atom stereocenters. The zero-order chi connectivity index (χ0) is 18.5. The second-order valence-corrected chi connectivity index (χ2v) is 6.25. The summed E-state index contributed by atoms with van der Waals surface area (Å²) < 4.78 is 5.58. The van der Waals surface area contributed by atoms with Crippen LogP contribution in [0.2, 0.25) is 0 Å². The van der Waals surface area contributed by atoms with Crippen molar-refractivity contribution < 1.29 is 9.53 Å². The normalized spacial score (nSPS) is 11.5. The fourth-order valence-corrected chi connectivity index (χ4v) is 2.22. The number of hydrogen-bond acceptors (Lipinski definition) is 3. The number of nitrogens with zero attached hydrogens (tertiary/aromatic N) is 1. The van der Waals surface area contributed by atoms with Crippen LogP contribution in [0.25, 0.3) is 0 Å². The lowest BCUT2D eigenvalue weighted by Gasteiger charge is -2.12. The maximum absolute atomic E-state index is 11.7. The summed E-state index contributed by atoms with van der Waals surface area (Å²) in [4.78, 5) is 15.9. The van der Waals surface area contributed by atoms with Gasteiger partial charge in [-0.2, -0.15) is 0 Å². The second-order valence-electron chi connectivity index (χ2n) is 6.25. The summed E-state index contributed by atoms with van der Waals surface area (Å²) in [6, 6.07) is 7.66. The van der Waals surface area contributed by atoms with E-state index in [1.807, 2.05) is 24.3 Å². The fraction of sp³-hybridized carbons (Fsp3) is 0.579. The first-order valence-corrected chi connectivity index (χ1v) is 8.90. The lowest BCUT2D eigenvalue weighted by molar-refractivity contribution is 0.0963. The predicted octanol–water partition coefficient (Wildman–Crippen LogP) is 1.82. The van der Waals surface area contributed by atoms with Gasteiger partial charge in [0.05, 0.1) is 6.61 Å². The topological polar surface area (TPSA) is 74.8 Å². The van der Waals surface area contributed by atoms with Crippen molar-refractivity contribution in [2.24, 2.45) is 10.9 Å². The van der Waals surface area contributed by atoms with Gasteiger partial charge in [-0.1, -0.05) is 26.0 Å². The minimum Gasteiger partial charge on any atom is -0.380 e. The van der Waals surface area contributed by atoms with Crippen LogP contribution >= 0.6 is 0 Å². The van der Waals surface area contributed by atoms with E-state index in [4.69, 9.17) is 4.74 Å². The average Bonchev–Trinajstić information content (AvgIpc) is 2.62. The average molecular weight is 348 g/mol. The molecule has 0 aliphatic heterocycles. The maximum Gasteiger partial charge on any atom is 0.251 e. The molecule has 1 aromatic rings. The van der Waals surface area contributed by atoms with Crippen LogP contribution < -0.4 is 16.0 Å². The highest BCUT2D eigenvalue weighted by atomic mass is 16.5. The highest BCUT2D eigenvalue weighted by molar-refractivity contribution is 5.94. The Balaban J connectivity index is 2.26. The predicted molar refractivity (Wildman–Crippen MR) is 103 cm³/mol. The highest BCUT2D eigenvalue weighted by Crippen LogP contribution is 2.05. The van der Waals surface area contributed by atoms with Gasteiger partial charge in [0.25, 0.3) is 5.91 Å². The largest absolute Gasteiger partial charge is 0.380 e. The number of amides is 1. The number of carbonyl (C=O) groups is 1. The molecule has 0 spiro atoms. The van der Waals surface area contributed by atoms with Crippen molar-refractivity contribution in [3.63, 3.8) is 0 Å². The van der Waals surface area contributed by atoms with Gasteiger partial charge in [-0.15, -0.1) is 0 Å². The third kappa shape index (κ3) is 9.10. The van der Waals surface area contributed by atoms with Gasteiger partial charge in [0, 0.05) is 39.4 Å². The van der Waals surface area contributed by atoms with Crippen LogP contribution in [0.5, 0.6) is 0 Å². The van der Waals surface area contributed by atoms with Crippen molar-refractivity contribution >= 4 is 11.9 Å². The van der Waals surface area contributed by atoms with E-state index >= 15 is 0 Å². The first kappa shape index (κ1) is 21.0. The third-order valence-electron chi connectivity index (χ3n) is 3.72. The first-order valence-electron chi connectivity index (χ1n) is 8.90. The molecular formula is C19H32N4O2. The zero-order valence-corrected chi connectivity index (χ0v) is 15.9. The number of nitrogens with one attached hydrogen (secondary N) is 3. The van der Waals surface area contributed by atoms with Crippen LogP contribution in [0, 0.1) is 5.92 Å². The Hall–Kier alpha value is -2.08. The summed E-state index contributed by atoms with van der Waals surface area (Å²) in [5.74, 6) is 1.36. The molecule has 1 rings (SSSR count). The maximum atomic E-state index is 11.7. The minimum atomic E-state index is -0.0650. The van der Waals surface area contributed by atoms with Gasteiger partial charge in [0.15, 0.2) is 5.96 Å². The molecule has 25 heavy (non-hydrogen) atoms. The molecule has 6 heteroatoms. The highest BCUT2D eigenvalue weighted by Gasteiger charge is 2.04. The van der Waals surface area contributed by atoms with Gasteiger partial charge in [0.2, 0.25) is 0 Å². The van der Waals surface area contributed by atoms with Gasteiger partial charge < -0.3 is 20.7 Å². The molecule has 0 aromatic heterocycles. The van der Waals surface area contributed by atoms with Crippen molar-refractivity contribution in [2.45, 2.75) is 26.7 Å². The Kier molecular flexibility index (Phi) is 10.3. The van der Waals surface area contributed by atoms with E-state index in [2.05, 4.69) is 34.8 Å². The number of carbonyl (C=O) groups excluding carboxylic acids is 1. The standard InChI is InChI=1S/C19H32N4O2/c1-15(2)9-12-25-13-11-23-19(21-4)22-10-8-16-6-5-7-17(14-16)18(24)20-3/h5-7,14-15H,8-13H2,1-4H3,(H,20,24)(H2,21,22,23). The Labute approximate surface area is 151 Å². The minimum absolute atomic E-state index is 0.0650. The van der Waals surface area contributed by atoms with Crippen LogP contribution in [-0.2, 0) is 11.2 Å². The van der Waals surface area contributed by atoms with Gasteiger partial charge in [-0.25, -0.2) is 0 Å². The second kappa shape index (κ2) is 12.3. The molecule has 0 bridgehead atoms. The molecule has 0 radical (unpaired) electrons. The van der Waals surface area contributed by atoms with E-state index in [0.717, 1.165) is 44.1 Å². The molecule has 0 heterocycles. The SMILES string of the molecule is CN=C(NCCOCCC(C)C)NCCc1cccc(C(=O)NC)c1. The smallest absolute Gasteiger partial charge is 0.251 e. The lowest BCUT2D eigenvalue weighted by Crippen LogP contribution is -2.39. The third-order valence-corrected chi connectivity index (χ3v) is 3.72. The molecule has 3 N–H and O–H groups in total. The van der Waals surface area contributed by atoms with Crippen LogP contribution in [-0.4, -0.2) is 52.3 Å². The van der Waals surface area contributed by atoms with Crippen molar-refractivity contribution in [3.05, 3.63) is 35.4 Å². The molecule has 1 aromatic carbocycles. The Bertz CT molecular complexity index is 544. The van der Waals surface area contributed by atoms with Crippen LogP contribution in [0.15, 0.2) is 29.3 Å². The molecule has 0 atom stereocenters. The van der Waals surface area contributed by atoms with Crippen molar-refractivity contribution in [1.82, 2.24) is 16.0 Å². The number of ether oxygens (including phenoxy) is 1. The quantitative estimate of drug-likeness (QED) is 0.342. The molecule has 0 saturated carbocycles. The number of benzene rings is 1. The summed E-state index contributed by atoms with van der Waals surface area (Å²) in [6.45, 7) is 7.32. The van der Waals surface area contributed by atoms with Crippen molar-refractivity contribution in [1.29, 1.82) is 0 Å². The van der Waals surface area contributed by atoms with E-state index in [1.165, 1.54) is 0 Å². The summed E-state index contributed by atoms with van der Waals surface area (Å²) in [5.41, 5.74) is 1.79. The van der Waals surface area contributed by atoms with E-state index in [-0.39, 0.29) is 5.91 Å². The Morgan fingerprint density at radius 2 is 1.96 bits per heavy atom. The van der Waals surface area contributed by atoms with E-state index in [9.17, 15) is 4.79 Å². The van der Waals surface area contributed by atoms with Crippen LogP contribution in [0.1, 0.15) is 36.2 Å². The van der Waals surface area contributed by atoms with Crippen LogP contribution in [0.3, 0.4) is 0 Å². The Morgan fingerprint density at radius 1 is 1.20 bits per heavy atom. The van der Waals surface area contributed by atoms with Crippen LogP contribution in [0.4, 0.5) is 0 Å². The molecule has 0 aliphatic carbocycles. The van der Waals surface area contributed by atoms with Crippen molar-refractivity contribution in [2.75, 3.05) is 40.4 Å². The molecule has 140 valence electrons. The van der Waals surface area contributed by atoms with E-state index in [1.54, 1.807) is 14.1 Å². The number of guanidine groups is 1. The number of rotatable bonds is 10. The summed E-state index contributed by atoms with van der Waals surface area (Å²) >= 11 is 0. The molecule has 0 aliphatic rings.